The quantitative estimate of drug-likeness (QED) is 0.829. The highest BCUT2D eigenvalue weighted by Gasteiger charge is 2.30. The molecule has 0 bridgehead atoms. The lowest BCUT2D eigenvalue weighted by Gasteiger charge is -2.24. The van der Waals surface area contributed by atoms with Gasteiger partial charge in [-0.25, -0.2) is 13.1 Å². The average molecular weight is 412 g/mol. The number of anilines is 1. The van der Waals surface area contributed by atoms with E-state index in [1.807, 2.05) is 30.3 Å². The highest BCUT2D eigenvalue weighted by molar-refractivity contribution is 8.15. The van der Waals surface area contributed by atoms with Crippen LogP contribution in [-0.4, -0.2) is 35.6 Å². The summed E-state index contributed by atoms with van der Waals surface area (Å²) in [6, 6.07) is 13.3. The predicted molar refractivity (Wildman–Crippen MR) is 103 cm³/mol. The summed E-state index contributed by atoms with van der Waals surface area (Å²) < 4.78 is 55.7. The van der Waals surface area contributed by atoms with Gasteiger partial charge in [0.2, 0.25) is 10.0 Å². The molecule has 138 valence electrons. The SMILES string of the molecule is CCNS(=O)(=O)c1ccc2c(c1)S(=O)(=O)N=C(N(C)c1ccccc1)S2. The minimum Gasteiger partial charge on any atom is -0.323 e. The first-order valence-corrected chi connectivity index (χ1v) is 11.4. The lowest BCUT2D eigenvalue weighted by molar-refractivity contribution is 0.583. The van der Waals surface area contributed by atoms with E-state index in [0.29, 0.717) is 10.1 Å². The summed E-state index contributed by atoms with van der Waals surface area (Å²) in [6.07, 6.45) is 0. The third-order valence-electron chi connectivity index (χ3n) is 3.67. The van der Waals surface area contributed by atoms with Crippen LogP contribution in [0.25, 0.3) is 0 Å². The number of hydrogen-bond acceptors (Lipinski definition) is 6. The van der Waals surface area contributed by atoms with Crippen LogP contribution in [-0.2, 0) is 20.0 Å². The van der Waals surface area contributed by atoms with Gasteiger partial charge in [0, 0.05) is 24.2 Å². The van der Waals surface area contributed by atoms with Crippen molar-refractivity contribution in [2.45, 2.75) is 21.6 Å². The Labute approximate surface area is 157 Å². The molecule has 1 aliphatic rings. The number of para-hydroxylation sites is 1. The van der Waals surface area contributed by atoms with Crippen LogP contribution in [0.15, 0.2) is 67.6 Å². The van der Waals surface area contributed by atoms with E-state index in [9.17, 15) is 16.8 Å². The Morgan fingerprint density at radius 3 is 2.50 bits per heavy atom. The molecule has 0 aromatic heterocycles. The second kappa shape index (κ2) is 7.03. The van der Waals surface area contributed by atoms with Crippen LogP contribution in [0.3, 0.4) is 0 Å². The molecular weight excluding hydrogens is 394 g/mol. The Bertz CT molecular complexity index is 1070. The number of rotatable bonds is 4. The number of amidine groups is 1. The summed E-state index contributed by atoms with van der Waals surface area (Å²) in [4.78, 5) is 1.91. The number of benzene rings is 2. The molecule has 0 aliphatic carbocycles. The predicted octanol–water partition coefficient (Wildman–Crippen LogP) is 2.27. The van der Waals surface area contributed by atoms with Gasteiger partial charge in [0.15, 0.2) is 5.17 Å². The van der Waals surface area contributed by atoms with Crippen LogP contribution in [0, 0.1) is 0 Å². The zero-order chi connectivity index (χ0) is 18.9. The first-order chi connectivity index (χ1) is 12.2. The second-order valence-corrected chi connectivity index (χ2v) is 9.80. The van der Waals surface area contributed by atoms with E-state index in [0.717, 1.165) is 11.8 Å². The van der Waals surface area contributed by atoms with Gasteiger partial charge in [-0.15, -0.1) is 4.40 Å². The largest absolute Gasteiger partial charge is 0.323 e. The maximum absolute atomic E-state index is 12.6. The first-order valence-electron chi connectivity index (χ1n) is 7.70. The maximum Gasteiger partial charge on any atom is 0.285 e. The van der Waals surface area contributed by atoms with E-state index in [1.54, 1.807) is 18.9 Å². The summed E-state index contributed by atoms with van der Waals surface area (Å²) in [5, 5.41) is 0.297. The third kappa shape index (κ3) is 3.63. The van der Waals surface area contributed by atoms with Gasteiger partial charge in [-0.3, -0.25) is 0 Å². The number of thioether (sulfide) groups is 1. The number of nitrogens with zero attached hydrogens (tertiary/aromatic N) is 2. The van der Waals surface area contributed by atoms with Gasteiger partial charge in [-0.1, -0.05) is 25.1 Å². The molecule has 2 aromatic rings. The van der Waals surface area contributed by atoms with E-state index in [4.69, 9.17) is 0 Å². The molecule has 0 saturated carbocycles. The Morgan fingerprint density at radius 2 is 1.85 bits per heavy atom. The van der Waals surface area contributed by atoms with E-state index in [1.165, 1.54) is 23.9 Å². The van der Waals surface area contributed by atoms with Crippen molar-refractivity contribution in [3.8, 4) is 0 Å². The van der Waals surface area contributed by atoms with Gasteiger partial charge >= 0.3 is 0 Å². The second-order valence-electron chi connectivity index (χ2n) is 5.46. The molecule has 1 heterocycles. The monoisotopic (exact) mass is 411 g/mol. The van der Waals surface area contributed by atoms with E-state index in [-0.39, 0.29) is 16.3 Å². The van der Waals surface area contributed by atoms with Crippen LogP contribution in [0.1, 0.15) is 6.92 Å². The minimum absolute atomic E-state index is 0.0997. The van der Waals surface area contributed by atoms with Crippen molar-refractivity contribution in [1.82, 2.24) is 4.72 Å². The molecule has 0 saturated heterocycles. The van der Waals surface area contributed by atoms with Gasteiger partial charge in [-0.05, 0) is 42.1 Å². The zero-order valence-corrected chi connectivity index (χ0v) is 16.5. The smallest absolute Gasteiger partial charge is 0.285 e. The Balaban J connectivity index is 2.02. The Kier molecular flexibility index (Phi) is 5.11. The van der Waals surface area contributed by atoms with Crippen molar-refractivity contribution in [1.29, 1.82) is 0 Å². The van der Waals surface area contributed by atoms with E-state index in [2.05, 4.69) is 9.12 Å². The number of hydrogen-bond donors (Lipinski definition) is 1. The van der Waals surface area contributed by atoms with Crippen molar-refractivity contribution >= 4 is 42.7 Å². The molecule has 2 aromatic carbocycles. The fourth-order valence-corrected chi connectivity index (χ4v) is 6.16. The fraction of sp³-hybridized carbons (Fsp3) is 0.188. The molecule has 1 aliphatic heterocycles. The summed E-state index contributed by atoms with van der Waals surface area (Å²) in [7, 11) is -6.03. The minimum atomic E-state index is -4.01. The average Bonchev–Trinajstić information content (AvgIpc) is 2.61. The number of nitrogens with one attached hydrogen (secondary N) is 1. The van der Waals surface area contributed by atoms with Crippen LogP contribution < -0.4 is 9.62 Å². The molecule has 0 unspecified atom stereocenters. The topological polar surface area (TPSA) is 95.9 Å². The van der Waals surface area contributed by atoms with Gasteiger partial charge in [0.25, 0.3) is 10.0 Å². The molecule has 0 spiro atoms. The van der Waals surface area contributed by atoms with Gasteiger partial charge in [0.05, 0.1) is 4.90 Å². The lowest BCUT2D eigenvalue weighted by atomic mass is 10.3. The molecule has 10 heteroatoms. The van der Waals surface area contributed by atoms with Gasteiger partial charge in [0.1, 0.15) is 4.90 Å². The van der Waals surface area contributed by atoms with Crippen molar-refractivity contribution in [3.05, 3.63) is 48.5 Å². The fourth-order valence-electron chi connectivity index (χ4n) is 2.38. The standard InChI is InChI=1S/C16H17N3O4S3/c1-3-17-25(20,21)13-9-10-14-15(11-13)26(22,23)18-16(24-14)19(2)12-7-5-4-6-8-12/h4-11,17H,3H2,1-2H3. The molecule has 7 nitrogen and oxygen atoms in total. The molecule has 3 rings (SSSR count). The molecule has 0 atom stereocenters. The van der Waals surface area contributed by atoms with Crippen LogP contribution in [0.5, 0.6) is 0 Å². The summed E-state index contributed by atoms with van der Waals surface area (Å²) >= 11 is 1.18. The molecule has 0 amide bonds. The molecule has 26 heavy (non-hydrogen) atoms. The third-order valence-corrected chi connectivity index (χ3v) is 7.89. The summed E-state index contributed by atoms with van der Waals surface area (Å²) in [5.41, 5.74) is 0.795. The summed E-state index contributed by atoms with van der Waals surface area (Å²) in [6.45, 7) is 1.86. The van der Waals surface area contributed by atoms with Crippen molar-refractivity contribution < 1.29 is 16.8 Å². The van der Waals surface area contributed by atoms with Gasteiger partial charge < -0.3 is 4.90 Å². The molecular formula is C16H17N3O4S3. The van der Waals surface area contributed by atoms with Gasteiger partial charge in [-0.2, -0.15) is 8.42 Å². The van der Waals surface area contributed by atoms with Crippen molar-refractivity contribution in [2.24, 2.45) is 4.40 Å². The van der Waals surface area contributed by atoms with Crippen molar-refractivity contribution in [3.63, 3.8) is 0 Å². The van der Waals surface area contributed by atoms with E-state index < -0.39 is 20.0 Å². The van der Waals surface area contributed by atoms with Crippen LogP contribution in [0.4, 0.5) is 5.69 Å². The Morgan fingerprint density at radius 1 is 1.15 bits per heavy atom. The first kappa shape index (κ1) is 18.9. The zero-order valence-electron chi connectivity index (χ0n) is 14.1. The number of sulfonamides is 2. The number of fused-ring (bicyclic) bond motifs is 1. The molecule has 0 fully saturated rings. The summed E-state index contributed by atoms with van der Waals surface area (Å²) in [5.74, 6) is 0. The highest BCUT2D eigenvalue weighted by Crippen LogP contribution is 2.37. The highest BCUT2D eigenvalue weighted by atomic mass is 32.2. The van der Waals surface area contributed by atoms with Crippen LogP contribution >= 0.6 is 11.8 Å². The van der Waals surface area contributed by atoms with E-state index >= 15 is 0 Å². The molecule has 1 N–H and O–H groups in total. The van der Waals surface area contributed by atoms with Crippen molar-refractivity contribution in [2.75, 3.05) is 18.5 Å². The Hall–Kier alpha value is -1.88. The van der Waals surface area contributed by atoms with Crippen LogP contribution in [0.2, 0.25) is 0 Å². The molecule has 0 radical (unpaired) electrons. The normalized spacial score (nSPS) is 15.8. The maximum atomic E-state index is 12.6. The lowest BCUT2D eigenvalue weighted by Crippen LogP contribution is -2.27.